The van der Waals surface area contributed by atoms with Gasteiger partial charge in [0.1, 0.15) is 0 Å². The molecule has 0 saturated carbocycles. The molecular formula is C12H9BrO2S. The Morgan fingerprint density at radius 1 is 1.31 bits per heavy atom. The summed E-state index contributed by atoms with van der Waals surface area (Å²) in [7, 11) is 0. The smallest absolute Gasteiger partial charge is 0.338 e. The Morgan fingerprint density at radius 2 is 1.94 bits per heavy atom. The Balaban J connectivity index is 2.56. The minimum atomic E-state index is -0.899. The Labute approximate surface area is 106 Å². The Hall–Kier alpha value is -1.13. The summed E-state index contributed by atoms with van der Waals surface area (Å²) in [6, 6.07) is 7.84. The van der Waals surface area contributed by atoms with Crippen LogP contribution >= 0.6 is 27.3 Å². The highest BCUT2D eigenvalue weighted by atomic mass is 79.9. The lowest BCUT2D eigenvalue weighted by molar-refractivity contribution is 0.0697. The maximum atomic E-state index is 11.1. The molecule has 0 aliphatic carbocycles. The predicted octanol–water partition coefficient (Wildman–Crippen LogP) is 4.18. The first-order valence-corrected chi connectivity index (χ1v) is 6.34. The van der Waals surface area contributed by atoms with E-state index in [2.05, 4.69) is 15.9 Å². The summed E-state index contributed by atoms with van der Waals surface area (Å²) in [5.41, 5.74) is 3.21. The summed E-state index contributed by atoms with van der Waals surface area (Å²) in [5.74, 6) is -0.899. The van der Waals surface area contributed by atoms with Crippen molar-refractivity contribution in [2.24, 2.45) is 0 Å². The topological polar surface area (TPSA) is 37.3 Å². The average Bonchev–Trinajstić information content (AvgIpc) is 2.61. The summed E-state index contributed by atoms with van der Waals surface area (Å²) >= 11 is 4.66. The first kappa shape index (κ1) is 11.4. The number of benzene rings is 1. The van der Waals surface area contributed by atoms with Gasteiger partial charge in [-0.05, 0) is 28.4 Å². The van der Waals surface area contributed by atoms with Crippen molar-refractivity contribution in [2.75, 3.05) is 0 Å². The Morgan fingerprint density at radius 3 is 2.50 bits per heavy atom. The highest BCUT2D eigenvalue weighted by molar-refractivity contribution is 9.11. The zero-order valence-corrected chi connectivity index (χ0v) is 10.9. The fourth-order valence-electron chi connectivity index (χ4n) is 1.48. The molecule has 2 nitrogen and oxygen atoms in total. The van der Waals surface area contributed by atoms with Crippen LogP contribution in [0.4, 0.5) is 0 Å². The summed E-state index contributed by atoms with van der Waals surface area (Å²) in [6.45, 7) is 2.01. The number of hydrogen-bond acceptors (Lipinski definition) is 2. The molecule has 1 N–H and O–H groups in total. The summed E-state index contributed by atoms with van der Waals surface area (Å²) in [4.78, 5) is 11.1. The molecule has 82 valence electrons. The van der Waals surface area contributed by atoms with Gasteiger partial charge in [-0.1, -0.05) is 29.8 Å². The molecule has 0 amide bonds. The van der Waals surface area contributed by atoms with Gasteiger partial charge in [-0.25, -0.2) is 4.79 Å². The molecule has 0 bridgehead atoms. The van der Waals surface area contributed by atoms with Crippen molar-refractivity contribution in [1.29, 1.82) is 0 Å². The van der Waals surface area contributed by atoms with Gasteiger partial charge in [-0.15, -0.1) is 11.3 Å². The molecule has 2 rings (SSSR count). The second-order valence-corrected chi connectivity index (χ2v) is 5.67. The fourth-order valence-corrected chi connectivity index (χ4v) is 2.93. The van der Waals surface area contributed by atoms with Gasteiger partial charge in [0.2, 0.25) is 0 Å². The van der Waals surface area contributed by atoms with E-state index in [0.717, 1.165) is 16.7 Å². The largest absolute Gasteiger partial charge is 0.478 e. The van der Waals surface area contributed by atoms with Crippen molar-refractivity contribution in [3.05, 3.63) is 44.6 Å². The first-order valence-electron chi connectivity index (χ1n) is 4.67. The van der Waals surface area contributed by atoms with Gasteiger partial charge in [-0.2, -0.15) is 0 Å². The number of aryl methyl sites for hydroxylation is 1. The molecule has 0 radical (unpaired) electrons. The number of thiophene rings is 1. The van der Waals surface area contributed by atoms with E-state index in [1.165, 1.54) is 11.3 Å². The second-order valence-electron chi connectivity index (χ2n) is 3.47. The molecule has 0 atom stereocenters. The Kier molecular flexibility index (Phi) is 3.12. The van der Waals surface area contributed by atoms with E-state index in [4.69, 9.17) is 5.11 Å². The van der Waals surface area contributed by atoms with Crippen LogP contribution in [0.3, 0.4) is 0 Å². The van der Waals surface area contributed by atoms with Crippen LogP contribution in [0.25, 0.3) is 11.1 Å². The molecule has 0 saturated heterocycles. The molecule has 16 heavy (non-hydrogen) atoms. The maximum absolute atomic E-state index is 11.1. The van der Waals surface area contributed by atoms with Crippen LogP contribution in [0.15, 0.2) is 33.4 Å². The van der Waals surface area contributed by atoms with Crippen LogP contribution in [0, 0.1) is 6.92 Å². The van der Waals surface area contributed by atoms with E-state index in [9.17, 15) is 4.79 Å². The average molecular weight is 297 g/mol. The number of carboxylic acids is 1. The number of halogens is 1. The summed E-state index contributed by atoms with van der Waals surface area (Å²) in [6.07, 6.45) is 0. The number of hydrogen-bond donors (Lipinski definition) is 1. The monoisotopic (exact) mass is 296 g/mol. The van der Waals surface area contributed by atoms with Crippen molar-refractivity contribution < 1.29 is 9.90 Å². The van der Waals surface area contributed by atoms with Crippen LogP contribution in [0.1, 0.15) is 15.9 Å². The standard InChI is InChI=1S/C12H9BrO2S/c1-7-2-4-8(5-3-7)9-6-16-11(13)10(9)12(14)15/h2-6H,1H3,(H,14,15). The van der Waals surface area contributed by atoms with E-state index >= 15 is 0 Å². The third kappa shape index (κ3) is 2.03. The molecule has 0 aliphatic heterocycles. The van der Waals surface area contributed by atoms with E-state index < -0.39 is 5.97 Å². The number of aromatic carboxylic acids is 1. The molecule has 0 aliphatic rings. The van der Waals surface area contributed by atoms with Gasteiger partial charge in [-0.3, -0.25) is 0 Å². The van der Waals surface area contributed by atoms with Crippen LogP contribution in [0.5, 0.6) is 0 Å². The second kappa shape index (κ2) is 4.39. The molecule has 1 aromatic carbocycles. The molecule has 4 heteroatoms. The highest BCUT2D eigenvalue weighted by Gasteiger charge is 2.17. The van der Waals surface area contributed by atoms with E-state index in [1.807, 2.05) is 36.6 Å². The first-order chi connectivity index (χ1) is 7.59. The molecule has 2 aromatic rings. The fraction of sp³-hybridized carbons (Fsp3) is 0.0833. The number of carboxylic acid groups (broad SMARTS) is 1. The lowest BCUT2D eigenvalue weighted by Crippen LogP contribution is -1.97. The van der Waals surface area contributed by atoms with Crippen molar-refractivity contribution in [1.82, 2.24) is 0 Å². The predicted molar refractivity (Wildman–Crippen MR) is 69.2 cm³/mol. The van der Waals surface area contributed by atoms with Crippen LogP contribution < -0.4 is 0 Å². The van der Waals surface area contributed by atoms with Gasteiger partial charge in [0, 0.05) is 10.9 Å². The zero-order chi connectivity index (χ0) is 11.7. The quantitative estimate of drug-likeness (QED) is 0.902. The van der Waals surface area contributed by atoms with Gasteiger partial charge >= 0.3 is 5.97 Å². The lowest BCUT2D eigenvalue weighted by Gasteiger charge is -2.01. The minimum Gasteiger partial charge on any atom is -0.478 e. The van der Waals surface area contributed by atoms with Gasteiger partial charge in [0.05, 0.1) is 9.35 Å². The third-order valence-electron chi connectivity index (χ3n) is 2.32. The lowest BCUT2D eigenvalue weighted by atomic mass is 10.0. The molecule has 0 fully saturated rings. The molecule has 0 unspecified atom stereocenters. The van der Waals surface area contributed by atoms with Crippen LogP contribution in [-0.2, 0) is 0 Å². The Bertz CT molecular complexity index is 528. The SMILES string of the molecule is Cc1ccc(-c2csc(Br)c2C(=O)O)cc1. The minimum absolute atomic E-state index is 0.342. The third-order valence-corrected chi connectivity index (χ3v) is 4.04. The molecular weight excluding hydrogens is 288 g/mol. The van der Waals surface area contributed by atoms with E-state index in [-0.39, 0.29) is 0 Å². The van der Waals surface area contributed by atoms with E-state index in [0.29, 0.717) is 9.35 Å². The number of carbonyl (C=O) groups is 1. The highest BCUT2D eigenvalue weighted by Crippen LogP contribution is 2.35. The molecule has 1 heterocycles. The van der Waals surface area contributed by atoms with E-state index in [1.54, 1.807) is 0 Å². The normalized spacial score (nSPS) is 10.4. The molecule has 0 spiro atoms. The van der Waals surface area contributed by atoms with Crippen molar-refractivity contribution >= 4 is 33.2 Å². The summed E-state index contributed by atoms with van der Waals surface area (Å²) in [5, 5.41) is 11.0. The summed E-state index contributed by atoms with van der Waals surface area (Å²) < 4.78 is 0.663. The van der Waals surface area contributed by atoms with Crippen LogP contribution in [0.2, 0.25) is 0 Å². The maximum Gasteiger partial charge on any atom is 0.338 e. The zero-order valence-electron chi connectivity index (χ0n) is 8.53. The van der Waals surface area contributed by atoms with Gasteiger partial charge in [0.25, 0.3) is 0 Å². The van der Waals surface area contributed by atoms with Gasteiger partial charge in [0.15, 0.2) is 0 Å². The number of rotatable bonds is 2. The van der Waals surface area contributed by atoms with Crippen LogP contribution in [-0.4, -0.2) is 11.1 Å². The van der Waals surface area contributed by atoms with Crippen molar-refractivity contribution in [3.63, 3.8) is 0 Å². The van der Waals surface area contributed by atoms with Crippen molar-refractivity contribution in [3.8, 4) is 11.1 Å². The van der Waals surface area contributed by atoms with Crippen molar-refractivity contribution in [2.45, 2.75) is 6.92 Å². The molecule has 1 aromatic heterocycles. The van der Waals surface area contributed by atoms with Gasteiger partial charge < -0.3 is 5.11 Å².